The molecule has 0 aromatic rings. The minimum absolute atomic E-state index is 0.0840. The number of esters is 2. The monoisotopic (exact) mass is 638 g/mol. The van der Waals surface area contributed by atoms with Crippen LogP contribution in [0.1, 0.15) is 68.2 Å². The lowest BCUT2D eigenvalue weighted by Crippen LogP contribution is -2.64. The van der Waals surface area contributed by atoms with Crippen molar-refractivity contribution in [3.05, 3.63) is 12.2 Å². The van der Waals surface area contributed by atoms with E-state index in [9.17, 15) is 14.4 Å². The summed E-state index contributed by atoms with van der Waals surface area (Å²) in [5, 5.41) is 0. The van der Waals surface area contributed by atoms with Gasteiger partial charge in [-0.25, -0.2) is 0 Å². The van der Waals surface area contributed by atoms with Crippen LogP contribution >= 0.6 is 0 Å². The highest BCUT2D eigenvalue weighted by Crippen LogP contribution is 2.73. The molecule has 0 bridgehead atoms. The topological polar surface area (TPSA) is 107 Å². The second-order valence-electron chi connectivity index (χ2n) is 13.4. The van der Waals surface area contributed by atoms with Crippen molar-refractivity contribution < 1.29 is 42.2 Å². The Morgan fingerprint density at radius 3 is 2.14 bits per heavy atom. The van der Waals surface area contributed by atoms with Crippen LogP contribution in [0.25, 0.3) is 0 Å². The molecule has 10 atom stereocenters. The summed E-state index contributed by atoms with van der Waals surface area (Å²) in [4.78, 5) is 38.9. The quantitative estimate of drug-likeness (QED) is 0.0900. The van der Waals surface area contributed by atoms with Crippen molar-refractivity contribution in [3.63, 3.8) is 0 Å². The summed E-state index contributed by atoms with van der Waals surface area (Å²) in [5.74, 6) is -1.69. The highest BCUT2D eigenvalue weighted by atomic mass is 28.4. The van der Waals surface area contributed by atoms with Crippen LogP contribution in [0, 0.1) is 23.2 Å². The fraction of sp³-hybridized carbons (Fsp3) is 0.844. The molecule has 2 aliphatic heterocycles. The van der Waals surface area contributed by atoms with Crippen LogP contribution in [0.15, 0.2) is 12.2 Å². The van der Waals surface area contributed by atoms with E-state index in [0.29, 0.717) is 12.0 Å². The molecule has 9 nitrogen and oxygen atoms in total. The zero-order valence-electron chi connectivity index (χ0n) is 27.7. The second-order valence-corrected chi connectivity index (χ2v) is 22.8. The number of rotatable bonds is 16. The largest absolute Gasteiger partial charge is 0.461 e. The van der Waals surface area contributed by atoms with Gasteiger partial charge in [0.25, 0.3) is 0 Å². The molecule has 43 heavy (non-hydrogen) atoms. The van der Waals surface area contributed by atoms with Crippen LogP contribution < -0.4 is 0 Å². The number of methoxy groups -OCH3 is 1. The third-order valence-corrected chi connectivity index (χ3v) is 21.2. The molecule has 2 heterocycles. The summed E-state index contributed by atoms with van der Waals surface area (Å²) in [6.07, 6.45) is -1.79. The number of carbonyl (C=O) groups excluding carboxylic acids is 3. The third-order valence-electron chi connectivity index (χ3n) is 11.8. The van der Waals surface area contributed by atoms with Crippen molar-refractivity contribution in [2.45, 2.75) is 141 Å². The summed E-state index contributed by atoms with van der Waals surface area (Å²) in [6.45, 7) is 21.0. The van der Waals surface area contributed by atoms with Gasteiger partial charge in [0.15, 0.2) is 22.9 Å². The maximum absolute atomic E-state index is 13.9. The molecular formula is C32H54O9Si2. The molecule has 0 aromatic heterocycles. The number of hydrogen-bond acceptors (Lipinski definition) is 9. The van der Waals surface area contributed by atoms with Gasteiger partial charge in [-0.1, -0.05) is 48.1 Å². The molecule has 0 N–H and O–H groups in total. The molecule has 0 aromatic carbocycles. The molecule has 2 saturated heterocycles. The van der Waals surface area contributed by atoms with Crippen LogP contribution in [-0.2, 0) is 42.2 Å². The number of hydrogen-bond donors (Lipinski definition) is 0. The fourth-order valence-corrected chi connectivity index (χ4v) is 15.0. The number of aldehydes is 1. The van der Waals surface area contributed by atoms with Gasteiger partial charge in [0, 0.05) is 38.2 Å². The zero-order chi connectivity index (χ0) is 32.0. The van der Waals surface area contributed by atoms with E-state index in [4.69, 9.17) is 27.8 Å². The SMILES string of the molecule is C=C1[C@H]2[C@@H]3[C@H](C[C@]2(C)O[Si](CC)(CC)CC)OC(=O)[C@]13[C@H](C[C@H]1[C@@H](O[Si](CC)(CC)CC)[C@H](OC)O[C@@H]1C=O)OC(C)=O. The van der Waals surface area contributed by atoms with Gasteiger partial charge in [0.2, 0.25) is 0 Å². The summed E-state index contributed by atoms with van der Waals surface area (Å²) < 4.78 is 37.9. The van der Waals surface area contributed by atoms with Gasteiger partial charge in [-0.3, -0.25) is 9.59 Å². The van der Waals surface area contributed by atoms with Crippen LogP contribution in [-0.4, -0.2) is 78.3 Å². The van der Waals surface area contributed by atoms with Gasteiger partial charge >= 0.3 is 11.9 Å². The molecule has 2 aliphatic carbocycles. The molecule has 4 rings (SSSR count). The zero-order valence-corrected chi connectivity index (χ0v) is 29.7. The first-order valence-electron chi connectivity index (χ1n) is 16.4. The van der Waals surface area contributed by atoms with Gasteiger partial charge in [0.05, 0.1) is 5.60 Å². The first-order valence-corrected chi connectivity index (χ1v) is 21.5. The smallest absolute Gasteiger partial charge is 0.320 e. The molecule has 11 heteroatoms. The van der Waals surface area contributed by atoms with Crippen molar-refractivity contribution in [2.24, 2.45) is 23.2 Å². The Morgan fingerprint density at radius 1 is 1.07 bits per heavy atom. The molecule has 0 radical (unpaired) electrons. The van der Waals surface area contributed by atoms with E-state index in [0.717, 1.165) is 42.6 Å². The molecule has 4 fully saturated rings. The Balaban J connectivity index is 1.72. The van der Waals surface area contributed by atoms with E-state index < -0.39 is 70.1 Å². The Kier molecular flexibility index (Phi) is 10.3. The van der Waals surface area contributed by atoms with Crippen molar-refractivity contribution >= 4 is 34.9 Å². The van der Waals surface area contributed by atoms with Crippen molar-refractivity contribution in [2.75, 3.05) is 7.11 Å². The normalized spacial score (nSPS) is 37.6. The van der Waals surface area contributed by atoms with Gasteiger partial charge in [-0.05, 0) is 55.2 Å². The standard InChI is InChI=1S/C32H54O9Si2/c1-11-42(12-2,13-3)40-28-22(24(19-33)38-29(28)36-10)17-25(37-21(8)34)32-20(7)26-27(32)23(39-30(32)35)18-31(26,9)41-43(14-4,15-5)16-6/h19,22-29H,7,11-18H2,1-6,8-10H3/t22-,23+,24-,25+,26+,27+,28-,29-,31+,32+/m1/s1. The lowest BCUT2D eigenvalue weighted by Gasteiger charge is -2.57. The fourth-order valence-electron chi connectivity index (χ4n) is 9.02. The first-order chi connectivity index (χ1) is 20.3. The van der Waals surface area contributed by atoms with Crippen molar-refractivity contribution in [1.82, 2.24) is 0 Å². The maximum atomic E-state index is 13.9. The number of ether oxygens (including phenoxy) is 4. The maximum Gasteiger partial charge on any atom is 0.320 e. The lowest BCUT2D eigenvalue weighted by molar-refractivity contribution is -0.175. The van der Waals surface area contributed by atoms with Crippen LogP contribution in [0.3, 0.4) is 0 Å². The van der Waals surface area contributed by atoms with Crippen LogP contribution in [0.4, 0.5) is 0 Å². The predicted octanol–water partition coefficient (Wildman–Crippen LogP) is 5.78. The van der Waals surface area contributed by atoms with E-state index in [-0.39, 0.29) is 24.4 Å². The summed E-state index contributed by atoms with van der Waals surface area (Å²) in [6, 6.07) is 5.77. The number of carbonyl (C=O) groups is 3. The molecule has 0 unspecified atom stereocenters. The Hall–Kier alpha value is -1.38. The predicted molar refractivity (Wildman–Crippen MR) is 167 cm³/mol. The highest BCUT2D eigenvalue weighted by molar-refractivity contribution is 6.74. The van der Waals surface area contributed by atoms with Crippen molar-refractivity contribution in [3.8, 4) is 0 Å². The Morgan fingerprint density at radius 2 is 1.65 bits per heavy atom. The minimum atomic E-state index is -2.16. The molecular weight excluding hydrogens is 585 g/mol. The first kappa shape index (κ1) is 34.5. The molecule has 4 aliphatic rings. The molecule has 244 valence electrons. The van der Waals surface area contributed by atoms with Crippen molar-refractivity contribution in [1.29, 1.82) is 0 Å². The van der Waals surface area contributed by atoms with E-state index in [1.54, 1.807) is 7.11 Å². The summed E-state index contributed by atoms with van der Waals surface area (Å²) in [5.41, 5.74) is -0.992. The van der Waals surface area contributed by atoms with E-state index in [1.165, 1.54) is 6.92 Å². The van der Waals surface area contributed by atoms with Gasteiger partial charge in [-0.2, -0.15) is 0 Å². The van der Waals surface area contributed by atoms with Gasteiger partial charge in [-0.15, -0.1) is 0 Å². The van der Waals surface area contributed by atoms with E-state index >= 15 is 0 Å². The Bertz CT molecular complexity index is 1060. The second kappa shape index (κ2) is 12.8. The Labute approximate surface area is 260 Å². The lowest BCUT2D eigenvalue weighted by atomic mass is 9.47. The van der Waals surface area contributed by atoms with Crippen LogP contribution in [0.5, 0.6) is 0 Å². The van der Waals surface area contributed by atoms with E-state index in [2.05, 4.69) is 55.0 Å². The highest BCUT2D eigenvalue weighted by Gasteiger charge is 2.81. The van der Waals surface area contributed by atoms with Gasteiger partial charge < -0.3 is 32.6 Å². The van der Waals surface area contributed by atoms with E-state index in [1.807, 2.05) is 0 Å². The molecule has 0 amide bonds. The minimum Gasteiger partial charge on any atom is -0.461 e. The molecule has 2 saturated carbocycles. The molecule has 0 spiro atoms. The van der Waals surface area contributed by atoms with Crippen LogP contribution in [0.2, 0.25) is 36.3 Å². The summed E-state index contributed by atoms with van der Waals surface area (Å²) in [7, 11) is -2.60. The summed E-state index contributed by atoms with van der Waals surface area (Å²) >= 11 is 0. The average Bonchev–Trinajstić information content (AvgIpc) is 3.54. The average molecular weight is 639 g/mol. The van der Waals surface area contributed by atoms with Gasteiger partial charge in [0.1, 0.15) is 36.1 Å². The third kappa shape index (κ3) is 5.33.